The van der Waals surface area contributed by atoms with Gasteiger partial charge in [0.1, 0.15) is 3.79 Å². The van der Waals surface area contributed by atoms with Crippen LogP contribution in [0.5, 0.6) is 0 Å². The highest BCUT2D eigenvalue weighted by molar-refractivity contribution is 9.11. The molecule has 8 nitrogen and oxygen atoms in total. The molecule has 1 aromatic heterocycles. The third kappa shape index (κ3) is 3.45. The lowest BCUT2D eigenvalue weighted by Gasteiger charge is -2.28. The van der Waals surface area contributed by atoms with Gasteiger partial charge in [0.05, 0.1) is 36.2 Å². The molecule has 0 aromatic carbocycles. The van der Waals surface area contributed by atoms with E-state index >= 15 is 0 Å². The number of allylic oxidation sites excluding steroid dienone is 2. The van der Waals surface area contributed by atoms with Crippen molar-refractivity contribution in [1.82, 2.24) is 5.32 Å². The molecule has 0 fully saturated rings. The van der Waals surface area contributed by atoms with Crippen molar-refractivity contribution in [2.75, 3.05) is 14.2 Å². The Morgan fingerprint density at radius 3 is 2.04 bits per heavy atom. The molecule has 1 aliphatic heterocycles. The minimum atomic E-state index is -0.823. The minimum absolute atomic E-state index is 0.137. The van der Waals surface area contributed by atoms with Crippen LogP contribution < -0.4 is 5.32 Å². The number of carbonyl (C=O) groups is 2. The molecule has 2 rings (SSSR count). The second kappa shape index (κ2) is 7.36. The Balaban J connectivity index is 2.72. The molecule has 0 atom stereocenters. The van der Waals surface area contributed by atoms with E-state index in [1.54, 1.807) is 13.8 Å². The Morgan fingerprint density at radius 1 is 1.20 bits per heavy atom. The molecule has 0 amide bonds. The summed E-state index contributed by atoms with van der Waals surface area (Å²) in [5.74, 6) is -2.08. The van der Waals surface area contributed by atoms with Crippen LogP contribution in [0, 0.1) is 10.1 Å². The van der Waals surface area contributed by atoms with E-state index in [1.807, 2.05) is 0 Å². The van der Waals surface area contributed by atoms with Crippen LogP contribution in [0.15, 0.2) is 32.4 Å². The van der Waals surface area contributed by atoms with Crippen molar-refractivity contribution in [2.45, 2.75) is 19.8 Å². The van der Waals surface area contributed by atoms with Gasteiger partial charge < -0.3 is 14.8 Å². The van der Waals surface area contributed by atoms with Gasteiger partial charge >= 0.3 is 11.9 Å². The second-order valence-electron chi connectivity index (χ2n) is 5.18. The Morgan fingerprint density at radius 2 is 1.68 bits per heavy atom. The van der Waals surface area contributed by atoms with E-state index in [2.05, 4.69) is 21.2 Å². The maximum absolute atomic E-state index is 12.3. The van der Waals surface area contributed by atoms with E-state index in [1.165, 1.54) is 20.3 Å². The highest BCUT2D eigenvalue weighted by Crippen LogP contribution is 2.46. The Kier molecular flexibility index (Phi) is 5.63. The predicted octanol–water partition coefficient (Wildman–Crippen LogP) is 3.00. The zero-order chi connectivity index (χ0) is 18.9. The van der Waals surface area contributed by atoms with E-state index in [9.17, 15) is 19.7 Å². The van der Waals surface area contributed by atoms with E-state index in [0.29, 0.717) is 20.1 Å². The molecule has 2 heterocycles. The molecule has 0 aliphatic carbocycles. The summed E-state index contributed by atoms with van der Waals surface area (Å²) >= 11 is 4.24. The van der Waals surface area contributed by atoms with Gasteiger partial charge in [-0.1, -0.05) is 0 Å². The zero-order valence-electron chi connectivity index (χ0n) is 13.8. The Bertz CT molecular complexity index is 788. The molecule has 1 aliphatic rings. The zero-order valence-corrected chi connectivity index (χ0v) is 16.2. The number of carbonyl (C=O) groups excluding carboxylic acids is 2. The van der Waals surface area contributed by atoms with E-state index < -0.39 is 22.8 Å². The molecule has 0 bridgehead atoms. The first kappa shape index (κ1) is 19.1. The predicted molar refractivity (Wildman–Crippen MR) is 94.0 cm³/mol. The molecule has 134 valence electrons. The van der Waals surface area contributed by atoms with Gasteiger partial charge in [-0.25, -0.2) is 9.59 Å². The number of ether oxygens (including phenoxy) is 2. The number of nitrogens with one attached hydrogen (secondary N) is 1. The number of methoxy groups -OCH3 is 2. The van der Waals surface area contributed by atoms with Crippen molar-refractivity contribution in [3.63, 3.8) is 0 Å². The first-order valence-corrected chi connectivity index (χ1v) is 8.62. The summed E-state index contributed by atoms with van der Waals surface area (Å²) in [7, 11) is 2.46. The average molecular weight is 431 g/mol. The highest BCUT2D eigenvalue weighted by atomic mass is 79.9. The molecule has 0 radical (unpaired) electrons. The van der Waals surface area contributed by atoms with Gasteiger partial charge in [0.15, 0.2) is 0 Å². The van der Waals surface area contributed by atoms with Gasteiger partial charge in [0.2, 0.25) is 0 Å². The van der Waals surface area contributed by atoms with Crippen LogP contribution >= 0.6 is 27.3 Å². The number of nitrogens with zero attached hydrogens (tertiary/aromatic N) is 1. The number of hydrogen-bond donors (Lipinski definition) is 1. The van der Waals surface area contributed by atoms with Gasteiger partial charge in [-0.3, -0.25) is 10.1 Å². The summed E-state index contributed by atoms with van der Waals surface area (Å²) in [6.07, 6.45) is 0. The lowest BCUT2D eigenvalue weighted by Crippen LogP contribution is -2.31. The molecular formula is C15H15BrN2O6S. The largest absolute Gasteiger partial charge is 0.466 e. The lowest BCUT2D eigenvalue weighted by molar-refractivity contribution is -0.385. The molecule has 0 saturated heterocycles. The van der Waals surface area contributed by atoms with Gasteiger partial charge in [-0.15, -0.1) is 11.3 Å². The fourth-order valence-corrected chi connectivity index (χ4v) is 4.47. The molecular weight excluding hydrogens is 416 g/mol. The Hall–Kier alpha value is -2.20. The van der Waals surface area contributed by atoms with Crippen molar-refractivity contribution in [3.05, 3.63) is 47.4 Å². The quantitative estimate of drug-likeness (QED) is 0.444. The summed E-state index contributed by atoms with van der Waals surface area (Å²) in [6, 6.07) is 1.34. The van der Waals surface area contributed by atoms with E-state index in [-0.39, 0.29) is 16.8 Å². The summed E-state index contributed by atoms with van der Waals surface area (Å²) in [5.41, 5.74) is 1.29. The third-order valence-corrected chi connectivity index (χ3v) is 5.61. The van der Waals surface area contributed by atoms with Crippen LogP contribution in [0.4, 0.5) is 5.69 Å². The highest BCUT2D eigenvalue weighted by Gasteiger charge is 2.39. The number of rotatable bonds is 4. The normalized spacial score (nSPS) is 15.1. The number of hydrogen-bond acceptors (Lipinski definition) is 8. The number of halogens is 1. The van der Waals surface area contributed by atoms with Crippen LogP contribution in [0.1, 0.15) is 24.6 Å². The molecule has 0 unspecified atom stereocenters. The molecule has 1 aromatic rings. The SMILES string of the molecule is COC(=O)C1=C(C)NC(C)=C(C(=O)OC)C1c1cc([N+](=O)[O-])c(Br)s1. The van der Waals surface area contributed by atoms with Crippen molar-refractivity contribution >= 4 is 44.9 Å². The van der Waals surface area contributed by atoms with Gasteiger partial charge in [0, 0.05) is 22.3 Å². The second-order valence-corrected chi connectivity index (χ2v) is 7.59. The molecule has 1 N–H and O–H groups in total. The smallest absolute Gasteiger partial charge is 0.336 e. The van der Waals surface area contributed by atoms with Crippen molar-refractivity contribution in [3.8, 4) is 0 Å². The number of thiophene rings is 1. The summed E-state index contributed by atoms with van der Waals surface area (Å²) in [4.78, 5) is 35.7. The van der Waals surface area contributed by atoms with Crippen LogP contribution in [-0.4, -0.2) is 31.1 Å². The minimum Gasteiger partial charge on any atom is -0.466 e. The fourth-order valence-electron chi connectivity index (χ4n) is 2.68. The van der Waals surface area contributed by atoms with Crippen molar-refractivity contribution in [1.29, 1.82) is 0 Å². The van der Waals surface area contributed by atoms with Gasteiger partial charge in [0.25, 0.3) is 5.69 Å². The number of nitro groups is 1. The van der Waals surface area contributed by atoms with Gasteiger partial charge in [-0.05, 0) is 29.8 Å². The van der Waals surface area contributed by atoms with Crippen LogP contribution in [-0.2, 0) is 19.1 Å². The number of dihydropyridines is 1. The molecule has 0 spiro atoms. The lowest BCUT2D eigenvalue weighted by atomic mass is 9.84. The number of esters is 2. The van der Waals surface area contributed by atoms with Crippen LogP contribution in [0.25, 0.3) is 0 Å². The summed E-state index contributed by atoms with van der Waals surface area (Å²) < 4.78 is 9.98. The maximum atomic E-state index is 12.3. The maximum Gasteiger partial charge on any atom is 0.336 e. The molecule has 10 heteroatoms. The average Bonchev–Trinajstić information content (AvgIpc) is 2.94. The van der Waals surface area contributed by atoms with Crippen LogP contribution in [0.3, 0.4) is 0 Å². The fraction of sp³-hybridized carbons (Fsp3) is 0.333. The summed E-state index contributed by atoms with van der Waals surface area (Å²) in [5, 5.41) is 14.1. The monoisotopic (exact) mass is 430 g/mol. The van der Waals surface area contributed by atoms with E-state index in [0.717, 1.165) is 11.3 Å². The summed E-state index contributed by atoms with van der Waals surface area (Å²) in [6.45, 7) is 3.35. The van der Waals surface area contributed by atoms with Crippen molar-refractivity contribution in [2.24, 2.45) is 0 Å². The van der Waals surface area contributed by atoms with Gasteiger partial charge in [-0.2, -0.15) is 0 Å². The first-order valence-electron chi connectivity index (χ1n) is 7.01. The Labute approximate surface area is 155 Å². The first-order chi connectivity index (χ1) is 11.7. The van der Waals surface area contributed by atoms with Crippen LogP contribution in [0.2, 0.25) is 0 Å². The van der Waals surface area contributed by atoms with E-state index in [4.69, 9.17) is 9.47 Å². The topological polar surface area (TPSA) is 108 Å². The molecule has 25 heavy (non-hydrogen) atoms. The standard InChI is InChI=1S/C15H15BrN2O6S/c1-6-10(14(19)23-3)12(11(7(2)17-6)15(20)24-4)9-5-8(18(21)22)13(16)25-9/h5,12,17H,1-4H3. The van der Waals surface area contributed by atoms with Crippen molar-refractivity contribution < 1.29 is 24.0 Å². The third-order valence-electron chi connectivity index (χ3n) is 3.74. The molecule has 0 saturated carbocycles.